The predicted molar refractivity (Wildman–Crippen MR) is 81.6 cm³/mol. The van der Waals surface area contributed by atoms with Crippen LogP contribution in [0.4, 0.5) is 5.00 Å². The highest BCUT2D eigenvalue weighted by atomic mass is 32.1. The lowest BCUT2D eigenvalue weighted by molar-refractivity contribution is -0.116. The highest BCUT2D eigenvalue weighted by Gasteiger charge is 2.25. The summed E-state index contributed by atoms with van der Waals surface area (Å²) in [7, 11) is 0. The predicted octanol–water partition coefficient (Wildman–Crippen LogP) is 2.32. The van der Waals surface area contributed by atoms with Gasteiger partial charge in [0, 0.05) is 6.42 Å². The van der Waals surface area contributed by atoms with E-state index in [1.807, 2.05) is 13.8 Å². The molecule has 0 radical (unpaired) electrons. The SMILES string of the molecule is CCOC(=O)c1c(NC(=O)CC(C)C)sc(C(N)=O)c1C. The van der Waals surface area contributed by atoms with Gasteiger partial charge in [-0.05, 0) is 25.3 Å². The third kappa shape index (κ3) is 4.29. The standard InChI is InChI=1S/C14H20N2O4S/c1-5-20-14(19)10-8(4)11(12(15)18)21-13(10)16-9(17)6-7(2)3/h7H,5-6H2,1-4H3,(H2,15,18)(H,16,17). The first-order chi connectivity index (χ1) is 9.77. The maximum Gasteiger partial charge on any atom is 0.341 e. The number of rotatable bonds is 6. The minimum atomic E-state index is -0.632. The Morgan fingerprint density at radius 1 is 1.33 bits per heavy atom. The van der Waals surface area contributed by atoms with Gasteiger partial charge >= 0.3 is 5.97 Å². The molecule has 21 heavy (non-hydrogen) atoms. The molecule has 2 amide bonds. The van der Waals surface area contributed by atoms with E-state index in [0.717, 1.165) is 11.3 Å². The zero-order valence-electron chi connectivity index (χ0n) is 12.6. The summed E-state index contributed by atoms with van der Waals surface area (Å²) < 4.78 is 4.97. The molecule has 7 heteroatoms. The van der Waals surface area contributed by atoms with Gasteiger partial charge in [0.1, 0.15) is 5.00 Å². The van der Waals surface area contributed by atoms with Crippen LogP contribution in [0.15, 0.2) is 0 Å². The minimum absolute atomic E-state index is 0.188. The van der Waals surface area contributed by atoms with Crippen LogP contribution in [0, 0.1) is 12.8 Å². The summed E-state index contributed by atoms with van der Waals surface area (Å²) in [6.07, 6.45) is 0.325. The number of carbonyl (C=O) groups is 3. The lowest BCUT2D eigenvalue weighted by Crippen LogP contribution is -2.16. The zero-order valence-corrected chi connectivity index (χ0v) is 13.4. The van der Waals surface area contributed by atoms with Crippen LogP contribution in [0.3, 0.4) is 0 Å². The lowest BCUT2D eigenvalue weighted by Gasteiger charge is -2.08. The number of amides is 2. The zero-order chi connectivity index (χ0) is 16.2. The monoisotopic (exact) mass is 312 g/mol. The maximum absolute atomic E-state index is 12.0. The fourth-order valence-electron chi connectivity index (χ4n) is 1.83. The van der Waals surface area contributed by atoms with Crippen molar-refractivity contribution < 1.29 is 19.1 Å². The molecule has 1 rings (SSSR count). The van der Waals surface area contributed by atoms with Gasteiger partial charge in [0.15, 0.2) is 0 Å². The molecule has 0 aliphatic carbocycles. The second-order valence-corrected chi connectivity index (χ2v) is 6.01. The first-order valence-corrected chi connectivity index (χ1v) is 7.49. The van der Waals surface area contributed by atoms with Crippen LogP contribution in [-0.4, -0.2) is 24.4 Å². The quantitative estimate of drug-likeness (QED) is 0.787. The second kappa shape index (κ2) is 7.21. The highest BCUT2D eigenvalue weighted by Crippen LogP contribution is 2.33. The van der Waals surface area contributed by atoms with E-state index in [9.17, 15) is 14.4 Å². The Kier molecular flexibility index (Phi) is 5.90. The average molecular weight is 312 g/mol. The number of esters is 1. The largest absolute Gasteiger partial charge is 0.462 e. The minimum Gasteiger partial charge on any atom is -0.462 e. The Morgan fingerprint density at radius 2 is 1.95 bits per heavy atom. The average Bonchev–Trinajstić information content (AvgIpc) is 2.65. The van der Waals surface area contributed by atoms with Crippen molar-refractivity contribution in [3.8, 4) is 0 Å². The van der Waals surface area contributed by atoms with Crippen molar-refractivity contribution in [2.45, 2.75) is 34.1 Å². The number of nitrogens with two attached hydrogens (primary N) is 1. The van der Waals surface area contributed by atoms with Crippen LogP contribution >= 0.6 is 11.3 Å². The number of carbonyl (C=O) groups excluding carboxylic acids is 3. The van der Waals surface area contributed by atoms with Crippen LogP contribution in [0.25, 0.3) is 0 Å². The van der Waals surface area contributed by atoms with Crippen molar-refractivity contribution in [1.29, 1.82) is 0 Å². The molecule has 0 saturated heterocycles. The molecule has 1 heterocycles. The van der Waals surface area contributed by atoms with Gasteiger partial charge < -0.3 is 15.8 Å². The summed E-state index contributed by atoms with van der Waals surface area (Å²) in [6, 6.07) is 0. The topological polar surface area (TPSA) is 98.5 Å². The highest BCUT2D eigenvalue weighted by molar-refractivity contribution is 7.18. The van der Waals surface area contributed by atoms with Crippen molar-refractivity contribution in [2.75, 3.05) is 11.9 Å². The van der Waals surface area contributed by atoms with E-state index in [2.05, 4.69) is 5.32 Å². The number of hydrogen-bond acceptors (Lipinski definition) is 5. The lowest BCUT2D eigenvalue weighted by atomic mass is 10.1. The van der Waals surface area contributed by atoms with E-state index >= 15 is 0 Å². The Bertz CT molecular complexity index is 564. The smallest absolute Gasteiger partial charge is 0.341 e. The molecule has 0 saturated carbocycles. The molecule has 0 aromatic carbocycles. The molecule has 0 fully saturated rings. The number of nitrogens with one attached hydrogen (secondary N) is 1. The molecule has 1 aromatic heterocycles. The van der Waals surface area contributed by atoms with Crippen molar-refractivity contribution in [3.05, 3.63) is 16.0 Å². The van der Waals surface area contributed by atoms with Crippen molar-refractivity contribution in [3.63, 3.8) is 0 Å². The van der Waals surface area contributed by atoms with Gasteiger partial charge in [0.25, 0.3) is 5.91 Å². The molecule has 0 aliphatic rings. The van der Waals surface area contributed by atoms with E-state index in [1.54, 1.807) is 13.8 Å². The van der Waals surface area contributed by atoms with Crippen molar-refractivity contribution in [1.82, 2.24) is 0 Å². The van der Waals surface area contributed by atoms with Crippen molar-refractivity contribution in [2.24, 2.45) is 11.7 Å². The Balaban J connectivity index is 3.17. The second-order valence-electron chi connectivity index (χ2n) is 4.99. The maximum atomic E-state index is 12.0. The Labute approximate surface area is 127 Å². The number of primary amides is 1. The summed E-state index contributed by atoms with van der Waals surface area (Å²) in [6.45, 7) is 7.34. The van der Waals surface area contributed by atoms with Crippen LogP contribution in [0.1, 0.15) is 52.8 Å². The molecule has 1 aromatic rings. The van der Waals surface area contributed by atoms with Crippen LogP contribution < -0.4 is 11.1 Å². The van der Waals surface area contributed by atoms with E-state index in [1.165, 1.54) is 0 Å². The van der Waals surface area contributed by atoms with Crippen LogP contribution in [0.2, 0.25) is 0 Å². The molecule has 0 spiro atoms. The van der Waals surface area contributed by atoms with Gasteiger partial charge in [-0.15, -0.1) is 11.3 Å². The summed E-state index contributed by atoms with van der Waals surface area (Å²) >= 11 is 0.997. The number of ether oxygens (including phenoxy) is 1. The molecular formula is C14H20N2O4S. The molecule has 0 unspecified atom stereocenters. The van der Waals surface area contributed by atoms with Crippen LogP contribution in [0.5, 0.6) is 0 Å². The number of thiophene rings is 1. The Hall–Kier alpha value is -1.89. The third-order valence-corrected chi connectivity index (χ3v) is 3.92. The molecule has 6 nitrogen and oxygen atoms in total. The molecule has 0 atom stereocenters. The van der Waals surface area contributed by atoms with Gasteiger partial charge in [-0.3, -0.25) is 9.59 Å². The molecule has 3 N–H and O–H groups in total. The molecule has 0 bridgehead atoms. The first kappa shape index (κ1) is 17.2. The van der Waals surface area contributed by atoms with E-state index in [4.69, 9.17) is 10.5 Å². The van der Waals surface area contributed by atoms with E-state index < -0.39 is 11.9 Å². The van der Waals surface area contributed by atoms with Gasteiger partial charge in [-0.2, -0.15) is 0 Å². The van der Waals surface area contributed by atoms with Gasteiger partial charge in [0.2, 0.25) is 5.91 Å². The number of hydrogen-bond donors (Lipinski definition) is 2. The fourth-order valence-corrected chi connectivity index (χ4v) is 2.90. The first-order valence-electron chi connectivity index (χ1n) is 6.68. The summed E-state index contributed by atoms with van der Waals surface area (Å²) in [4.78, 5) is 35.5. The summed E-state index contributed by atoms with van der Waals surface area (Å²) in [5, 5.41) is 2.98. The normalized spacial score (nSPS) is 10.5. The molecule has 0 aliphatic heterocycles. The van der Waals surface area contributed by atoms with E-state index in [0.29, 0.717) is 17.0 Å². The van der Waals surface area contributed by atoms with E-state index in [-0.39, 0.29) is 28.9 Å². The fraction of sp³-hybridized carbons (Fsp3) is 0.500. The van der Waals surface area contributed by atoms with Gasteiger partial charge in [-0.1, -0.05) is 13.8 Å². The summed E-state index contributed by atoms with van der Waals surface area (Å²) in [5.41, 5.74) is 5.93. The number of anilines is 1. The molecule has 116 valence electrons. The Morgan fingerprint density at radius 3 is 2.43 bits per heavy atom. The summed E-state index contributed by atoms with van der Waals surface area (Å²) in [5.74, 6) is -1.23. The molecular weight excluding hydrogens is 292 g/mol. The third-order valence-electron chi connectivity index (χ3n) is 2.70. The van der Waals surface area contributed by atoms with Crippen LogP contribution in [-0.2, 0) is 9.53 Å². The van der Waals surface area contributed by atoms with Gasteiger partial charge in [0.05, 0.1) is 17.0 Å². The van der Waals surface area contributed by atoms with Gasteiger partial charge in [-0.25, -0.2) is 4.79 Å². The van der Waals surface area contributed by atoms with Crippen molar-refractivity contribution >= 4 is 34.1 Å².